The number of carbonyl (C=O) groups excluding carboxylic acids is 2. The van der Waals surface area contributed by atoms with Crippen LogP contribution in [-0.2, 0) is 14.3 Å². The second-order valence-electron chi connectivity index (χ2n) is 6.07. The highest BCUT2D eigenvalue weighted by Gasteiger charge is 2.37. The summed E-state index contributed by atoms with van der Waals surface area (Å²) in [5.41, 5.74) is 0. The third-order valence-corrected chi connectivity index (χ3v) is 3.66. The molecule has 0 fully saturated rings. The minimum absolute atomic E-state index is 0.0317. The molecule has 0 amide bonds. The van der Waals surface area contributed by atoms with Gasteiger partial charge in [0.05, 0.1) is 13.2 Å². The van der Waals surface area contributed by atoms with E-state index in [2.05, 4.69) is 0 Å². The van der Waals surface area contributed by atoms with Crippen molar-refractivity contribution in [3.05, 3.63) is 0 Å². The summed E-state index contributed by atoms with van der Waals surface area (Å²) in [6.07, 6.45) is -15.3. The molecule has 0 aromatic carbocycles. The van der Waals surface area contributed by atoms with Crippen molar-refractivity contribution in [2.75, 3.05) is 13.2 Å². The molecule has 0 bridgehead atoms. The number of rotatable bonds is 14. The topological polar surface area (TPSA) is 246 Å². The van der Waals surface area contributed by atoms with Crippen LogP contribution in [0.1, 0.15) is 19.8 Å². The molecule has 0 radical (unpaired) electrons. The summed E-state index contributed by atoms with van der Waals surface area (Å²) in [5.74, 6) is 0. The zero-order valence-electron chi connectivity index (χ0n) is 15.9. The molecule has 0 saturated heterocycles. The normalized spacial score (nSPS) is 19.7. The van der Waals surface area contributed by atoms with Crippen LogP contribution in [0.2, 0.25) is 0 Å². The monoisotopic (exact) mass is 432 g/mol. The van der Waals surface area contributed by atoms with Gasteiger partial charge in [0.1, 0.15) is 48.8 Å². The first-order chi connectivity index (χ1) is 13.5. The van der Waals surface area contributed by atoms with Gasteiger partial charge >= 0.3 is 0 Å². The standard InChI is InChI=1S/C12H22O11.C4H10O2/c13-1-5(17)9(19)11(21)7(3-15)23-8(4-16)12(22)10(20)6(18)2-14;1-2-3-4(5)6/h3-14,17-22H,1-2H2;4-6H,2-3H2,1H3/t5-,6-,7+,8+,9-,10-,11-,12-;/m1./s1. The van der Waals surface area contributed by atoms with Gasteiger partial charge in [-0.1, -0.05) is 13.3 Å². The minimum Gasteiger partial charge on any atom is -0.394 e. The number of ether oxygens (including phenoxy) is 1. The van der Waals surface area contributed by atoms with Crippen LogP contribution in [0.5, 0.6) is 0 Å². The average Bonchev–Trinajstić information content (AvgIpc) is 2.71. The van der Waals surface area contributed by atoms with Gasteiger partial charge in [0, 0.05) is 0 Å². The Hall–Kier alpha value is -1.10. The Kier molecular flexibility index (Phi) is 17.3. The van der Waals surface area contributed by atoms with E-state index in [0.717, 1.165) is 6.42 Å². The van der Waals surface area contributed by atoms with E-state index >= 15 is 0 Å². The van der Waals surface area contributed by atoms with Crippen molar-refractivity contribution in [2.24, 2.45) is 0 Å². The lowest BCUT2D eigenvalue weighted by atomic mass is 10.0. The van der Waals surface area contributed by atoms with Crippen molar-refractivity contribution in [1.82, 2.24) is 0 Å². The quantitative estimate of drug-likeness (QED) is 0.0909. The Bertz CT molecular complexity index is 390. The molecule has 0 aliphatic carbocycles. The number of aldehydes is 2. The zero-order valence-corrected chi connectivity index (χ0v) is 15.9. The average molecular weight is 432 g/mol. The van der Waals surface area contributed by atoms with E-state index in [1.807, 2.05) is 6.92 Å². The zero-order chi connectivity index (χ0) is 23.1. The van der Waals surface area contributed by atoms with E-state index < -0.39 is 68.3 Å². The Balaban J connectivity index is 0. The molecule has 0 aliphatic rings. The molecule has 174 valence electrons. The van der Waals surface area contributed by atoms with E-state index in [1.54, 1.807) is 0 Å². The van der Waals surface area contributed by atoms with Gasteiger partial charge in [0.25, 0.3) is 0 Å². The summed E-state index contributed by atoms with van der Waals surface area (Å²) in [5, 5.41) is 90.2. The fourth-order valence-electron chi connectivity index (χ4n) is 1.89. The molecule has 29 heavy (non-hydrogen) atoms. The SMILES string of the molecule is CCCC(O)O.O=C[C@H](O[C@@H](C=O)[C@@H](O)[C@H](O)[C@H](O)CO)[C@@H](O)[C@H](O)[C@H](O)CO. The number of carbonyl (C=O) groups is 2. The Morgan fingerprint density at radius 2 is 1.03 bits per heavy atom. The molecular formula is C16H32O13. The molecule has 8 atom stereocenters. The Labute approximate surface area is 167 Å². The highest BCUT2D eigenvalue weighted by atomic mass is 16.5. The van der Waals surface area contributed by atoms with Gasteiger partial charge in [-0.3, -0.25) is 0 Å². The lowest BCUT2D eigenvalue weighted by Crippen LogP contribution is -2.52. The molecule has 0 aromatic heterocycles. The summed E-state index contributed by atoms with van der Waals surface area (Å²) in [4.78, 5) is 21.8. The summed E-state index contributed by atoms with van der Waals surface area (Å²) < 4.78 is 4.76. The molecule has 0 unspecified atom stereocenters. The Morgan fingerprint density at radius 3 is 1.21 bits per heavy atom. The van der Waals surface area contributed by atoms with E-state index in [1.165, 1.54) is 0 Å². The summed E-state index contributed by atoms with van der Waals surface area (Å²) in [6, 6.07) is 0. The van der Waals surface area contributed by atoms with Gasteiger partial charge < -0.3 is 65.4 Å². The van der Waals surface area contributed by atoms with E-state index in [9.17, 15) is 40.2 Å². The second-order valence-corrected chi connectivity index (χ2v) is 6.07. The molecular weight excluding hydrogens is 400 g/mol. The van der Waals surface area contributed by atoms with Crippen LogP contribution in [0.3, 0.4) is 0 Å². The van der Waals surface area contributed by atoms with Gasteiger partial charge in [0.2, 0.25) is 0 Å². The predicted molar refractivity (Wildman–Crippen MR) is 94.1 cm³/mol. The fraction of sp³-hybridized carbons (Fsp3) is 0.875. The van der Waals surface area contributed by atoms with Crippen LogP contribution < -0.4 is 0 Å². The smallest absolute Gasteiger partial charge is 0.151 e. The lowest BCUT2D eigenvalue weighted by Gasteiger charge is -2.30. The van der Waals surface area contributed by atoms with Crippen molar-refractivity contribution in [1.29, 1.82) is 0 Å². The van der Waals surface area contributed by atoms with Crippen LogP contribution in [0.25, 0.3) is 0 Å². The van der Waals surface area contributed by atoms with Crippen molar-refractivity contribution >= 4 is 12.6 Å². The fourth-order valence-corrected chi connectivity index (χ4v) is 1.89. The highest BCUT2D eigenvalue weighted by Crippen LogP contribution is 2.13. The van der Waals surface area contributed by atoms with Crippen molar-refractivity contribution in [3.8, 4) is 0 Å². The van der Waals surface area contributed by atoms with Crippen LogP contribution in [0.15, 0.2) is 0 Å². The molecule has 0 aromatic rings. The lowest BCUT2D eigenvalue weighted by molar-refractivity contribution is -0.180. The van der Waals surface area contributed by atoms with Gasteiger partial charge in [-0.2, -0.15) is 0 Å². The van der Waals surface area contributed by atoms with E-state index in [4.69, 9.17) is 25.2 Å². The second kappa shape index (κ2) is 16.7. The first-order valence-electron chi connectivity index (χ1n) is 8.74. The van der Waals surface area contributed by atoms with Crippen molar-refractivity contribution in [2.45, 2.75) is 74.9 Å². The minimum atomic E-state index is -2.05. The van der Waals surface area contributed by atoms with E-state index in [-0.39, 0.29) is 12.6 Å². The molecule has 0 aliphatic heterocycles. The van der Waals surface area contributed by atoms with Gasteiger partial charge in [-0.25, -0.2) is 0 Å². The number of hydrogen-bond donors (Lipinski definition) is 10. The van der Waals surface area contributed by atoms with Crippen molar-refractivity contribution in [3.63, 3.8) is 0 Å². The molecule has 0 spiro atoms. The van der Waals surface area contributed by atoms with Crippen LogP contribution >= 0.6 is 0 Å². The molecule has 13 heteroatoms. The molecule has 13 nitrogen and oxygen atoms in total. The van der Waals surface area contributed by atoms with Gasteiger partial charge in [-0.15, -0.1) is 0 Å². The maximum absolute atomic E-state index is 10.9. The maximum atomic E-state index is 10.9. The van der Waals surface area contributed by atoms with Crippen LogP contribution in [0, 0.1) is 0 Å². The number of hydrogen-bond acceptors (Lipinski definition) is 13. The first kappa shape index (κ1) is 30.1. The van der Waals surface area contributed by atoms with Gasteiger partial charge in [-0.05, 0) is 6.42 Å². The van der Waals surface area contributed by atoms with Crippen LogP contribution in [0.4, 0.5) is 0 Å². The largest absolute Gasteiger partial charge is 0.394 e. The highest BCUT2D eigenvalue weighted by molar-refractivity contribution is 5.61. The molecule has 0 heterocycles. The summed E-state index contributed by atoms with van der Waals surface area (Å²) in [6.45, 7) is 0.0509. The first-order valence-corrected chi connectivity index (χ1v) is 8.74. The Morgan fingerprint density at radius 1 is 0.690 bits per heavy atom. The van der Waals surface area contributed by atoms with Crippen molar-refractivity contribution < 1.29 is 65.4 Å². The number of aliphatic hydroxyl groups is 10. The third-order valence-electron chi connectivity index (χ3n) is 3.66. The number of aliphatic hydroxyl groups excluding tert-OH is 9. The summed E-state index contributed by atoms with van der Waals surface area (Å²) >= 11 is 0. The maximum Gasteiger partial charge on any atom is 0.151 e. The predicted octanol–water partition coefficient (Wildman–Crippen LogP) is -5.61. The molecule has 10 N–H and O–H groups in total. The molecule has 0 saturated carbocycles. The molecule has 0 rings (SSSR count). The van der Waals surface area contributed by atoms with Gasteiger partial charge in [0.15, 0.2) is 18.9 Å². The summed E-state index contributed by atoms with van der Waals surface area (Å²) in [7, 11) is 0. The van der Waals surface area contributed by atoms with Crippen LogP contribution in [-0.4, -0.2) is 132 Å². The third kappa shape index (κ3) is 11.6. The van der Waals surface area contributed by atoms with E-state index in [0.29, 0.717) is 6.42 Å².